The Kier molecular flexibility index (Phi) is 4.14. The van der Waals surface area contributed by atoms with Crippen LogP contribution in [0.5, 0.6) is 0 Å². The minimum atomic E-state index is -0.312. The monoisotopic (exact) mass is 333 g/mol. The molecule has 3 N–H and O–H groups in total. The lowest BCUT2D eigenvalue weighted by molar-refractivity contribution is -0.0874. The van der Waals surface area contributed by atoms with Gasteiger partial charge in [-0.25, -0.2) is 0 Å². The Hall–Kier alpha value is -0.380. The standard InChI is InChI=1S/C21H35NO2/c1-4-22-18-6-5-15-19-16(8-10-21(15,18)3)20(2)9-7-14(23)11-13(20)12-17(19)24/h12,14-19,22-24H,4-11H2,1-3H3/t14-,15-,16-,17-,18-,19-,20-,21-/m0/s1. The van der Waals surface area contributed by atoms with E-state index < -0.39 is 0 Å². The molecule has 0 aromatic heterocycles. The smallest absolute Gasteiger partial charge is 0.0757 e. The molecule has 24 heavy (non-hydrogen) atoms. The first-order valence-electron chi connectivity index (χ1n) is 10.2. The Morgan fingerprint density at radius 1 is 1.08 bits per heavy atom. The zero-order chi connectivity index (χ0) is 17.1. The third-order valence-electron chi connectivity index (χ3n) is 8.55. The Morgan fingerprint density at radius 2 is 1.88 bits per heavy atom. The van der Waals surface area contributed by atoms with Crippen LogP contribution in [0.25, 0.3) is 0 Å². The van der Waals surface area contributed by atoms with Crippen molar-refractivity contribution >= 4 is 0 Å². The summed E-state index contributed by atoms with van der Waals surface area (Å²) in [5, 5.41) is 24.9. The van der Waals surface area contributed by atoms with Crippen molar-refractivity contribution in [3.05, 3.63) is 11.6 Å². The topological polar surface area (TPSA) is 52.5 Å². The molecule has 0 unspecified atom stereocenters. The zero-order valence-electron chi connectivity index (χ0n) is 15.6. The van der Waals surface area contributed by atoms with E-state index in [4.69, 9.17) is 0 Å². The van der Waals surface area contributed by atoms with E-state index >= 15 is 0 Å². The van der Waals surface area contributed by atoms with Crippen LogP contribution in [0.15, 0.2) is 11.6 Å². The quantitative estimate of drug-likeness (QED) is 0.680. The van der Waals surface area contributed by atoms with Crippen LogP contribution in [0.1, 0.15) is 65.7 Å². The van der Waals surface area contributed by atoms with Crippen LogP contribution < -0.4 is 5.32 Å². The number of aliphatic hydroxyl groups excluding tert-OH is 2. The number of rotatable bonds is 2. The minimum absolute atomic E-state index is 0.202. The number of hydrogen-bond donors (Lipinski definition) is 3. The van der Waals surface area contributed by atoms with Crippen molar-refractivity contribution in [1.82, 2.24) is 5.32 Å². The molecule has 3 heteroatoms. The normalized spacial score (nSPS) is 53.8. The van der Waals surface area contributed by atoms with E-state index in [1.54, 1.807) is 0 Å². The van der Waals surface area contributed by atoms with Crippen molar-refractivity contribution in [3.8, 4) is 0 Å². The average Bonchev–Trinajstić information content (AvgIpc) is 2.87. The van der Waals surface area contributed by atoms with Gasteiger partial charge in [-0.3, -0.25) is 0 Å². The largest absolute Gasteiger partial charge is 0.393 e. The summed E-state index contributed by atoms with van der Waals surface area (Å²) in [7, 11) is 0. The van der Waals surface area contributed by atoms with Gasteiger partial charge in [-0.2, -0.15) is 0 Å². The van der Waals surface area contributed by atoms with Crippen LogP contribution in [-0.2, 0) is 0 Å². The van der Waals surface area contributed by atoms with Gasteiger partial charge < -0.3 is 15.5 Å². The van der Waals surface area contributed by atoms with E-state index in [-0.39, 0.29) is 17.6 Å². The van der Waals surface area contributed by atoms with Crippen molar-refractivity contribution in [2.45, 2.75) is 84.0 Å². The van der Waals surface area contributed by atoms with Crippen LogP contribution in [0.3, 0.4) is 0 Å². The Balaban J connectivity index is 1.68. The van der Waals surface area contributed by atoms with E-state index in [9.17, 15) is 10.2 Å². The highest BCUT2D eigenvalue weighted by molar-refractivity contribution is 5.28. The average molecular weight is 334 g/mol. The highest BCUT2D eigenvalue weighted by Crippen LogP contribution is 2.64. The van der Waals surface area contributed by atoms with Gasteiger partial charge in [0, 0.05) is 6.04 Å². The van der Waals surface area contributed by atoms with Gasteiger partial charge in [-0.05, 0) is 80.1 Å². The molecule has 0 saturated heterocycles. The molecule has 4 aliphatic rings. The third kappa shape index (κ3) is 2.27. The van der Waals surface area contributed by atoms with Crippen LogP contribution in [0.2, 0.25) is 0 Å². The first kappa shape index (κ1) is 17.1. The van der Waals surface area contributed by atoms with Gasteiger partial charge in [0.1, 0.15) is 0 Å². The molecule has 3 fully saturated rings. The molecule has 3 saturated carbocycles. The SMILES string of the molecule is CCN[C@H]1CC[C@H]2[C@@H]3[C@@H](O)C=C4C[C@@H](O)CC[C@]4(C)[C@H]3CC[C@]12C. The first-order valence-corrected chi connectivity index (χ1v) is 10.2. The Morgan fingerprint density at radius 3 is 2.62 bits per heavy atom. The van der Waals surface area contributed by atoms with Crippen molar-refractivity contribution in [2.75, 3.05) is 6.54 Å². The molecule has 0 aromatic carbocycles. The number of aliphatic hydroxyl groups is 2. The fourth-order valence-electron chi connectivity index (χ4n) is 7.21. The molecule has 3 nitrogen and oxygen atoms in total. The van der Waals surface area contributed by atoms with Crippen LogP contribution in [0, 0.1) is 28.6 Å². The zero-order valence-corrected chi connectivity index (χ0v) is 15.6. The van der Waals surface area contributed by atoms with Crippen molar-refractivity contribution in [2.24, 2.45) is 28.6 Å². The lowest BCUT2D eigenvalue weighted by Gasteiger charge is -2.59. The lowest BCUT2D eigenvalue weighted by Crippen LogP contribution is -2.56. The molecule has 0 radical (unpaired) electrons. The van der Waals surface area contributed by atoms with E-state index in [1.165, 1.54) is 31.3 Å². The molecular weight excluding hydrogens is 298 g/mol. The summed E-state index contributed by atoms with van der Waals surface area (Å²) in [4.78, 5) is 0. The predicted octanol–water partition coefficient (Wildman–Crippen LogP) is 3.26. The third-order valence-corrected chi connectivity index (χ3v) is 8.55. The van der Waals surface area contributed by atoms with Crippen molar-refractivity contribution < 1.29 is 10.2 Å². The van der Waals surface area contributed by atoms with Crippen molar-refractivity contribution in [3.63, 3.8) is 0 Å². The van der Waals surface area contributed by atoms with Gasteiger partial charge >= 0.3 is 0 Å². The second-order valence-corrected chi connectivity index (χ2v) is 9.52. The molecule has 8 atom stereocenters. The van der Waals surface area contributed by atoms with Gasteiger partial charge in [0.05, 0.1) is 12.2 Å². The summed E-state index contributed by atoms with van der Waals surface area (Å²) in [5.74, 6) is 1.65. The van der Waals surface area contributed by atoms with Gasteiger partial charge in [0.2, 0.25) is 0 Å². The second-order valence-electron chi connectivity index (χ2n) is 9.52. The fourth-order valence-corrected chi connectivity index (χ4v) is 7.21. The van der Waals surface area contributed by atoms with E-state index in [0.29, 0.717) is 29.2 Å². The number of nitrogens with one attached hydrogen (secondary N) is 1. The number of hydrogen-bond acceptors (Lipinski definition) is 3. The maximum atomic E-state index is 11.0. The Bertz CT molecular complexity index is 532. The molecule has 0 spiro atoms. The Labute approximate surface area is 146 Å². The minimum Gasteiger partial charge on any atom is -0.393 e. The highest BCUT2D eigenvalue weighted by Gasteiger charge is 2.60. The van der Waals surface area contributed by atoms with Gasteiger partial charge in [0.25, 0.3) is 0 Å². The summed E-state index contributed by atoms with van der Waals surface area (Å²) in [5.41, 5.74) is 1.90. The molecule has 136 valence electrons. The number of fused-ring (bicyclic) bond motifs is 5. The molecule has 0 aliphatic heterocycles. The summed E-state index contributed by atoms with van der Waals surface area (Å²) < 4.78 is 0. The van der Waals surface area contributed by atoms with Crippen LogP contribution in [0.4, 0.5) is 0 Å². The molecule has 0 aromatic rings. The summed E-state index contributed by atoms with van der Waals surface area (Å²) in [6.45, 7) is 8.16. The van der Waals surface area contributed by atoms with E-state index in [0.717, 1.165) is 25.8 Å². The summed E-state index contributed by atoms with van der Waals surface area (Å²) in [6.07, 6.45) is 9.47. The maximum Gasteiger partial charge on any atom is 0.0757 e. The van der Waals surface area contributed by atoms with Crippen LogP contribution in [-0.4, -0.2) is 35.0 Å². The fraction of sp³-hybridized carbons (Fsp3) is 0.905. The van der Waals surface area contributed by atoms with E-state index in [2.05, 4.69) is 32.2 Å². The first-order chi connectivity index (χ1) is 11.4. The summed E-state index contributed by atoms with van der Waals surface area (Å²) in [6, 6.07) is 0.618. The van der Waals surface area contributed by atoms with Gasteiger partial charge in [-0.1, -0.05) is 32.4 Å². The molecule has 0 amide bonds. The molecule has 4 aliphatic carbocycles. The summed E-state index contributed by atoms with van der Waals surface area (Å²) >= 11 is 0. The van der Waals surface area contributed by atoms with Crippen LogP contribution >= 0.6 is 0 Å². The van der Waals surface area contributed by atoms with Gasteiger partial charge in [-0.15, -0.1) is 0 Å². The van der Waals surface area contributed by atoms with Gasteiger partial charge in [0.15, 0.2) is 0 Å². The maximum absolute atomic E-state index is 11.0. The predicted molar refractivity (Wildman–Crippen MR) is 96.6 cm³/mol. The lowest BCUT2D eigenvalue weighted by atomic mass is 9.47. The second kappa shape index (κ2) is 5.82. The van der Waals surface area contributed by atoms with E-state index in [1.807, 2.05) is 0 Å². The molecule has 0 heterocycles. The highest BCUT2D eigenvalue weighted by atomic mass is 16.3. The molecule has 0 bridgehead atoms. The molecule has 4 rings (SSSR count). The van der Waals surface area contributed by atoms with Crippen molar-refractivity contribution in [1.29, 1.82) is 0 Å². The molecular formula is C21H35NO2.